The summed E-state index contributed by atoms with van der Waals surface area (Å²) in [4.78, 5) is 42.0. The largest absolute Gasteiger partial charge is 0.434 e. The molecule has 3 amide bonds. The van der Waals surface area contributed by atoms with Crippen molar-refractivity contribution in [3.63, 3.8) is 0 Å². The van der Waals surface area contributed by atoms with Crippen LogP contribution >= 0.6 is 15.9 Å². The molecule has 198 valence electrons. The van der Waals surface area contributed by atoms with Gasteiger partial charge in [0.2, 0.25) is 23.6 Å². The van der Waals surface area contributed by atoms with E-state index in [0.29, 0.717) is 30.0 Å². The molecular weight excluding hydrogens is 571 g/mol. The standard InChI is InChI=1S/C27H22BrFN6O4/c28-16-3-5-17(6-4-16)30-25(37)27(11-12-27)26(38)31-18-7-8-20(19(29)13-18)39-23-10-9-22-32-21(14-35(22)34-23)33-24(36)15-1-2-15/h3-10,13-15H,1-2,11-12H2,(H,30,37)(H,31,38)(H,33,36). The van der Waals surface area contributed by atoms with Crippen molar-refractivity contribution in [2.24, 2.45) is 11.3 Å². The lowest BCUT2D eigenvalue weighted by molar-refractivity contribution is -0.131. The smallest absolute Gasteiger partial charge is 0.240 e. The molecule has 2 aromatic heterocycles. The lowest BCUT2D eigenvalue weighted by atomic mass is 10.0. The van der Waals surface area contributed by atoms with E-state index in [9.17, 15) is 18.8 Å². The van der Waals surface area contributed by atoms with E-state index in [-0.39, 0.29) is 29.1 Å². The summed E-state index contributed by atoms with van der Waals surface area (Å²) in [5.74, 6) is -1.26. The molecule has 0 unspecified atom stereocenters. The number of benzene rings is 2. The van der Waals surface area contributed by atoms with Gasteiger partial charge in [-0.15, -0.1) is 5.10 Å². The molecule has 10 nitrogen and oxygen atoms in total. The number of imidazole rings is 1. The number of rotatable bonds is 8. The highest BCUT2D eigenvalue weighted by Crippen LogP contribution is 2.47. The van der Waals surface area contributed by atoms with Crippen LogP contribution in [-0.4, -0.2) is 32.3 Å². The van der Waals surface area contributed by atoms with Crippen molar-refractivity contribution < 1.29 is 23.5 Å². The van der Waals surface area contributed by atoms with Crippen molar-refractivity contribution in [2.75, 3.05) is 16.0 Å². The number of anilines is 3. The van der Waals surface area contributed by atoms with E-state index in [1.54, 1.807) is 36.5 Å². The average Bonchev–Trinajstić information content (AvgIpc) is 3.83. The minimum Gasteiger partial charge on any atom is -0.434 e. The fraction of sp³-hybridized carbons (Fsp3) is 0.222. The third-order valence-electron chi connectivity index (χ3n) is 6.62. The third kappa shape index (κ3) is 5.32. The summed E-state index contributed by atoms with van der Waals surface area (Å²) >= 11 is 3.34. The van der Waals surface area contributed by atoms with Crippen LogP contribution in [0.25, 0.3) is 5.65 Å². The molecule has 0 spiro atoms. The van der Waals surface area contributed by atoms with Gasteiger partial charge >= 0.3 is 0 Å². The van der Waals surface area contributed by atoms with E-state index in [1.165, 1.54) is 22.7 Å². The maximum absolute atomic E-state index is 14.9. The first kappa shape index (κ1) is 25.0. The molecule has 2 aromatic carbocycles. The van der Waals surface area contributed by atoms with Crippen LogP contribution in [0.5, 0.6) is 11.6 Å². The van der Waals surface area contributed by atoms with E-state index in [4.69, 9.17) is 4.74 Å². The molecule has 0 saturated heterocycles. The predicted octanol–water partition coefficient (Wildman–Crippen LogP) is 5.13. The van der Waals surface area contributed by atoms with Crippen molar-refractivity contribution in [1.82, 2.24) is 14.6 Å². The summed E-state index contributed by atoms with van der Waals surface area (Å²) in [5.41, 5.74) is 0.0724. The number of hydrogen-bond donors (Lipinski definition) is 3. The number of nitrogens with one attached hydrogen (secondary N) is 3. The Morgan fingerprint density at radius 1 is 0.949 bits per heavy atom. The summed E-state index contributed by atoms with van der Waals surface area (Å²) in [6.07, 6.45) is 4.12. The summed E-state index contributed by atoms with van der Waals surface area (Å²) in [7, 11) is 0. The number of carbonyl (C=O) groups is 3. The van der Waals surface area contributed by atoms with Crippen molar-refractivity contribution in [3.8, 4) is 11.6 Å². The molecule has 2 aliphatic carbocycles. The highest BCUT2D eigenvalue weighted by Gasteiger charge is 2.56. The van der Waals surface area contributed by atoms with Crippen LogP contribution in [0.15, 0.2) is 65.3 Å². The molecule has 2 heterocycles. The highest BCUT2D eigenvalue weighted by molar-refractivity contribution is 9.10. The number of halogens is 2. The Morgan fingerprint density at radius 2 is 1.64 bits per heavy atom. The Hall–Kier alpha value is -4.32. The maximum atomic E-state index is 14.9. The van der Waals surface area contributed by atoms with Gasteiger partial charge in [-0.25, -0.2) is 13.9 Å². The van der Waals surface area contributed by atoms with Crippen molar-refractivity contribution in [3.05, 3.63) is 71.1 Å². The normalized spacial score (nSPS) is 15.4. The number of amides is 3. The molecule has 0 atom stereocenters. The zero-order chi connectivity index (χ0) is 27.1. The van der Waals surface area contributed by atoms with Crippen molar-refractivity contribution in [2.45, 2.75) is 25.7 Å². The van der Waals surface area contributed by atoms with Gasteiger partial charge in [-0.05, 0) is 68.1 Å². The number of aromatic nitrogens is 3. The number of carbonyl (C=O) groups excluding carboxylic acids is 3. The van der Waals surface area contributed by atoms with Crippen LogP contribution in [0.2, 0.25) is 0 Å². The van der Waals surface area contributed by atoms with Crippen LogP contribution in [-0.2, 0) is 14.4 Å². The molecule has 0 aliphatic heterocycles. The zero-order valence-electron chi connectivity index (χ0n) is 20.4. The topological polar surface area (TPSA) is 127 Å². The fourth-order valence-electron chi connectivity index (χ4n) is 4.04. The van der Waals surface area contributed by atoms with Gasteiger partial charge in [0.1, 0.15) is 5.41 Å². The highest BCUT2D eigenvalue weighted by atomic mass is 79.9. The Balaban J connectivity index is 1.10. The maximum Gasteiger partial charge on any atom is 0.240 e. The van der Waals surface area contributed by atoms with Gasteiger partial charge in [-0.1, -0.05) is 15.9 Å². The molecule has 2 saturated carbocycles. The van der Waals surface area contributed by atoms with Gasteiger partial charge in [0.25, 0.3) is 0 Å². The van der Waals surface area contributed by atoms with Gasteiger partial charge in [0, 0.05) is 33.9 Å². The van der Waals surface area contributed by atoms with Gasteiger partial charge in [0.05, 0.1) is 6.20 Å². The summed E-state index contributed by atoms with van der Waals surface area (Å²) in [6.45, 7) is 0. The minimum atomic E-state index is -1.19. The van der Waals surface area contributed by atoms with E-state index in [1.807, 2.05) is 0 Å². The average molecular weight is 593 g/mol. The molecule has 4 aromatic rings. The summed E-state index contributed by atoms with van der Waals surface area (Å²) in [6, 6.07) is 14.2. The second-order valence-electron chi connectivity index (χ2n) is 9.61. The van der Waals surface area contributed by atoms with Gasteiger partial charge in [-0.2, -0.15) is 0 Å². The minimum absolute atomic E-state index is 0.0431. The first-order valence-corrected chi connectivity index (χ1v) is 13.1. The molecular formula is C27H22BrFN6O4. The van der Waals surface area contributed by atoms with Crippen LogP contribution in [0.4, 0.5) is 21.6 Å². The Kier molecular flexibility index (Phi) is 6.26. The second-order valence-corrected chi connectivity index (χ2v) is 10.5. The number of fused-ring (bicyclic) bond motifs is 1. The SMILES string of the molecule is O=C(Nc1cn2nc(Oc3ccc(NC(=O)C4(C(=O)Nc5ccc(Br)cc5)CC4)cc3F)ccc2n1)C1CC1. The van der Waals surface area contributed by atoms with E-state index < -0.39 is 23.0 Å². The second kappa shape index (κ2) is 9.77. The molecule has 2 fully saturated rings. The monoisotopic (exact) mass is 592 g/mol. The third-order valence-corrected chi connectivity index (χ3v) is 7.15. The van der Waals surface area contributed by atoms with Crippen LogP contribution in [0, 0.1) is 17.2 Å². The van der Waals surface area contributed by atoms with Crippen LogP contribution in [0.3, 0.4) is 0 Å². The van der Waals surface area contributed by atoms with E-state index in [0.717, 1.165) is 23.4 Å². The Morgan fingerprint density at radius 3 is 2.31 bits per heavy atom. The van der Waals surface area contributed by atoms with E-state index in [2.05, 4.69) is 42.0 Å². The molecule has 39 heavy (non-hydrogen) atoms. The van der Waals surface area contributed by atoms with Crippen LogP contribution in [0.1, 0.15) is 25.7 Å². The molecule has 0 radical (unpaired) electrons. The zero-order valence-corrected chi connectivity index (χ0v) is 22.0. The quantitative estimate of drug-likeness (QED) is 0.243. The summed E-state index contributed by atoms with van der Waals surface area (Å²) < 4.78 is 22.8. The number of hydrogen-bond acceptors (Lipinski definition) is 6. The molecule has 6 rings (SSSR count). The molecule has 0 bridgehead atoms. The number of ether oxygens (including phenoxy) is 1. The first-order valence-electron chi connectivity index (χ1n) is 12.3. The van der Waals surface area contributed by atoms with Gasteiger partial charge < -0.3 is 20.7 Å². The lowest BCUT2D eigenvalue weighted by Crippen LogP contribution is -2.35. The first-order chi connectivity index (χ1) is 18.8. The van der Waals surface area contributed by atoms with Gasteiger partial charge in [0.15, 0.2) is 23.0 Å². The van der Waals surface area contributed by atoms with Gasteiger partial charge in [-0.3, -0.25) is 14.4 Å². The Labute approximate surface area is 230 Å². The van der Waals surface area contributed by atoms with Crippen molar-refractivity contribution >= 4 is 56.5 Å². The lowest BCUT2D eigenvalue weighted by Gasteiger charge is -2.16. The van der Waals surface area contributed by atoms with E-state index >= 15 is 0 Å². The summed E-state index contributed by atoms with van der Waals surface area (Å²) in [5, 5.41) is 12.4. The molecule has 2 aliphatic rings. The Bertz CT molecular complexity index is 1610. The predicted molar refractivity (Wildman–Crippen MR) is 144 cm³/mol. The molecule has 3 N–H and O–H groups in total. The van der Waals surface area contributed by atoms with Crippen LogP contribution < -0.4 is 20.7 Å². The number of nitrogens with zero attached hydrogens (tertiary/aromatic N) is 3. The van der Waals surface area contributed by atoms with Crippen molar-refractivity contribution in [1.29, 1.82) is 0 Å². The molecule has 12 heteroatoms. The fourth-order valence-corrected chi connectivity index (χ4v) is 4.31.